The first-order valence-electron chi connectivity index (χ1n) is 12.2. The lowest BCUT2D eigenvalue weighted by Gasteiger charge is -2.27. The number of aryl methyl sites for hydroxylation is 4. The van der Waals surface area contributed by atoms with Crippen LogP contribution in [0.1, 0.15) is 40.3 Å². The van der Waals surface area contributed by atoms with Gasteiger partial charge in [0.2, 0.25) is 0 Å². The second-order valence-corrected chi connectivity index (χ2v) is 9.60. The number of nitrogens with one attached hydrogen (secondary N) is 1. The average Bonchev–Trinajstić information content (AvgIpc) is 2.85. The van der Waals surface area contributed by atoms with E-state index in [0.29, 0.717) is 29.4 Å². The smallest absolute Gasteiger partial charge is 0.335 e. The van der Waals surface area contributed by atoms with Gasteiger partial charge in [-0.1, -0.05) is 35.9 Å². The molecular formula is C30H29ClN2O5. The Balaban J connectivity index is 1.66. The normalized spacial score (nSPS) is 14.6. The van der Waals surface area contributed by atoms with Crippen molar-refractivity contribution in [3.63, 3.8) is 0 Å². The molecule has 0 saturated carbocycles. The van der Waals surface area contributed by atoms with Gasteiger partial charge in [0.05, 0.1) is 17.3 Å². The molecule has 1 fully saturated rings. The highest BCUT2D eigenvalue weighted by molar-refractivity contribution is 6.39. The molecule has 8 heteroatoms. The molecule has 1 saturated heterocycles. The summed E-state index contributed by atoms with van der Waals surface area (Å²) in [4.78, 5) is 39.5. The molecule has 0 bridgehead atoms. The lowest BCUT2D eigenvalue weighted by Crippen LogP contribution is -2.54. The van der Waals surface area contributed by atoms with Crippen LogP contribution in [0, 0.1) is 27.7 Å². The Morgan fingerprint density at radius 3 is 2.21 bits per heavy atom. The van der Waals surface area contributed by atoms with Gasteiger partial charge in [-0.25, -0.2) is 9.69 Å². The maximum Gasteiger partial charge on any atom is 0.335 e. The van der Waals surface area contributed by atoms with Crippen molar-refractivity contribution >= 4 is 41.2 Å². The molecule has 0 aliphatic carbocycles. The Labute approximate surface area is 227 Å². The van der Waals surface area contributed by atoms with Crippen molar-refractivity contribution in [2.24, 2.45) is 0 Å². The minimum absolute atomic E-state index is 0.204. The fourth-order valence-corrected chi connectivity index (χ4v) is 4.32. The monoisotopic (exact) mass is 532 g/mol. The highest BCUT2D eigenvalue weighted by Gasteiger charge is 2.37. The Bertz CT molecular complexity index is 1480. The van der Waals surface area contributed by atoms with Crippen molar-refractivity contribution in [3.8, 4) is 11.5 Å². The number of benzene rings is 3. The van der Waals surface area contributed by atoms with E-state index in [-0.39, 0.29) is 17.2 Å². The molecule has 4 amide bonds. The quantitative estimate of drug-likeness (QED) is 0.288. The summed E-state index contributed by atoms with van der Waals surface area (Å²) in [5.41, 5.74) is 5.88. The van der Waals surface area contributed by atoms with Crippen LogP contribution in [0.4, 0.5) is 10.5 Å². The zero-order chi connectivity index (χ0) is 27.6. The van der Waals surface area contributed by atoms with Crippen molar-refractivity contribution in [3.05, 3.63) is 92.5 Å². The maximum absolute atomic E-state index is 13.3. The van der Waals surface area contributed by atoms with Crippen molar-refractivity contribution in [1.29, 1.82) is 0 Å². The van der Waals surface area contributed by atoms with Crippen LogP contribution in [0.2, 0.25) is 5.02 Å². The first-order valence-corrected chi connectivity index (χ1v) is 12.6. The molecule has 0 aromatic heterocycles. The van der Waals surface area contributed by atoms with Crippen LogP contribution in [0.3, 0.4) is 0 Å². The Morgan fingerprint density at radius 2 is 1.55 bits per heavy atom. The fourth-order valence-electron chi connectivity index (χ4n) is 4.05. The van der Waals surface area contributed by atoms with E-state index in [2.05, 4.69) is 11.4 Å². The van der Waals surface area contributed by atoms with Gasteiger partial charge in [0.15, 0.2) is 11.5 Å². The highest BCUT2D eigenvalue weighted by Crippen LogP contribution is 2.38. The number of amides is 4. The molecule has 4 rings (SSSR count). The van der Waals surface area contributed by atoms with Gasteiger partial charge in [-0.2, -0.15) is 0 Å². The molecule has 1 heterocycles. The first kappa shape index (κ1) is 26.9. The van der Waals surface area contributed by atoms with Crippen LogP contribution in [0.5, 0.6) is 11.5 Å². The number of halogens is 1. The van der Waals surface area contributed by atoms with E-state index in [1.54, 1.807) is 24.3 Å². The topological polar surface area (TPSA) is 84.9 Å². The van der Waals surface area contributed by atoms with Crippen molar-refractivity contribution in [2.45, 2.75) is 41.2 Å². The number of hydrogen-bond donors (Lipinski definition) is 1. The number of nitrogens with zero attached hydrogens (tertiary/aromatic N) is 1. The van der Waals surface area contributed by atoms with Crippen LogP contribution in [0.25, 0.3) is 6.08 Å². The molecule has 1 aliphatic heterocycles. The Morgan fingerprint density at radius 1 is 0.868 bits per heavy atom. The van der Waals surface area contributed by atoms with Crippen LogP contribution in [-0.2, 0) is 16.2 Å². The van der Waals surface area contributed by atoms with Crippen molar-refractivity contribution in [2.75, 3.05) is 11.5 Å². The SMILES string of the molecule is CCOc1cc(/C=C2\C(=O)NC(=O)N(c3ccc(C)c(C)c3)C2=O)cc(Cl)c1OCc1ccc(C)c(C)c1. The molecule has 0 radical (unpaired) electrons. The van der Waals surface area contributed by atoms with Gasteiger partial charge in [0, 0.05) is 0 Å². The number of imide groups is 2. The lowest BCUT2D eigenvalue weighted by molar-refractivity contribution is -0.122. The molecule has 7 nitrogen and oxygen atoms in total. The van der Waals surface area contributed by atoms with E-state index in [0.717, 1.165) is 27.2 Å². The summed E-state index contributed by atoms with van der Waals surface area (Å²) in [6.07, 6.45) is 1.39. The number of carbonyl (C=O) groups is 3. The molecule has 3 aromatic rings. The molecule has 196 valence electrons. The predicted molar refractivity (Wildman–Crippen MR) is 148 cm³/mol. The van der Waals surface area contributed by atoms with E-state index in [1.165, 1.54) is 11.6 Å². The van der Waals surface area contributed by atoms with Crippen LogP contribution in [0.15, 0.2) is 54.1 Å². The molecule has 0 spiro atoms. The molecule has 3 aromatic carbocycles. The number of barbiturate groups is 1. The first-order chi connectivity index (χ1) is 18.1. The summed E-state index contributed by atoms with van der Waals surface area (Å²) in [6.45, 7) is 10.4. The molecule has 0 unspecified atom stereocenters. The van der Waals surface area contributed by atoms with Crippen molar-refractivity contribution < 1.29 is 23.9 Å². The van der Waals surface area contributed by atoms with Gasteiger partial charge in [-0.15, -0.1) is 0 Å². The maximum atomic E-state index is 13.3. The number of rotatable bonds is 7. The zero-order valence-electron chi connectivity index (χ0n) is 22.0. The minimum Gasteiger partial charge on any atom is -0.490 e. The van der Waals surface area contributed by atoms with Crippen LogP contribution < -0.4 is 19.7 Å². The molecule has 1 N–H and O–H groups in total. The third kappa shape index (κ3) is 5.58. The number of carbonyl (C=O) groups excluding carboxylic acids is 3. The van der Waals surface area contributed by atoms with E-state index >= 15 is 0 Å². The van der Waals surface area contributed by atoms with Gasteiger partial charge in [0.25, 0.3) is 11.8 Å². The molecule has 1 aliphatic rings. The number of anilines is 1. The van der Waals surface area contributed by atoms with E-state index < -0.39 is 17.8 Å². The van der Waals surface area contributed by atoms with Gasteiger partial charge in [0.1, 0.15) is 12.2 Å². The average molecular weight is 533 g/mol. The van der Waals surface area contributed by atoms with Crippen LogP contribution in [-0.4, -0.2) is 24.5 Å². The number of urea groups is 1. The Hall–Kier alpha value is -4.10. The summed E-state index contributed by atoms with van der Waals surface area (Å²) in [5, 5.41) is 2.51. The van der Waals surface area contributed by atoms with Gasteiger partial charge in [-0.3, -0.25) is 14.9 Å². The van der Waals surface area contributed by atoms with E-state index in [4.69, 9.17) is 21.1 Å². The van der Waals surface area contributed by atoms with Crippen molar-refractivity contribution in [1.82, 2.24) is 5.32 Å². The lowest BCUT2D eigenvalue weighted by atomic mass is 10.0. The zero-order valence-corrected chi connectivity index (χ0v) is 22.7. The van der Waals surface area contributed by atoms with E-state index in [1.807, 2.05) is 52.8 Å². The molecular weight excluding hydrogens is 504 g/mol. The second-order valence-electron chi connectivity index (χ2n) is 9.20. The summed E-state index contributed by atoms with van der Waals surface area (Å²) in [7, 11) is 0. The molecule has 38 heavy (non-hydrogen) atoms. The summed E-state index contributed by atoms with van der Waals surface area (Å²) in [6, 6.07) is 13.7. The second kappa shape index (κ2) is 11.1. The summed E-state index contributed by atoms with van der Waals surface area (Å²) < 4.78 is 11.8. The fraction of sp³-hybridized carbons (Fsp3) is 0.233. The van der Waals surface area contributed by atoms with Gasteiger partial charge < -0.3 is 9.47 Å². The highest BCUT2D eigenvalue weighted by atomic mass is 35.5. The molecule has 0 atom stereocenters. The summed E-state index contributed by atoms with van der Waals surface area (Å²) >= 11 is 6.58. The summed E-state index contributed by atoms with van der Waals surface area (Å²) in [5.74, 6) is -0.780. The Kier molecular flexibility index (Phi) is 7.88. The number of hydrogen-bond acceptors (Lipinski definition) is 5. The minimum atomic E-state index is -0.802. The van der Waals surface area contributed by atoms with Gasteiger partial charge >= 0.3 is 6.03 Å². The third-order valence-corrected chi connectivity index (χ3v) is 6.73. The van der Waals surface area contributed by atoms with E-state index in [9.17, 15) is 14.4 Å². The standard InChI is InChI=1S/C30H29ClN2O5/c1-6-37-26-15-22(14-25(31)27(26)38-16-21-9-7-17(2)19(4)11-21)13-24-28(34)32-30(36)33(29(24)35)23-10-8-18(3)20(5)12-23/h7-15H,6,16H2,1-5H3,(H,32,34,36)/b24-13+. The largest absolute Gasteiger partial charge is 0.490 e. The van der Waals surface area contributed by atoms with Crippen LogP contribution >= 0.6 is 11.6 Å². The number of ether oxygens (including phenoxy) is 2. The third-order valence-electron chi connectivity index (χ3n) is 6.45. The predicted octanol–water partition coefficient (Wildman–Crippen LogP) is 6.22. The van der Waals surface area contributed by atoms with Gasteiger partial charge in [-0.05, 0) is 98.3 Å².